The van der Waals surface area contributed by atoms with Gasteiger partial charge in [0.2, 0.25) is 0 Å². The van der Waals surface area contributed by atoms with Crippen LogP contribution in [0.25, 0.3) is 0 Å². The summed E-state index contributed by atoms with van der Waals surface area (Å²) in [5, 5.41) is 3.01. The van der Waals surface area contributed by atoms with E-state index in [2.05, 4.69) is 17.4 Å². The predicted octanol–water partition coefficient (Wildman–Crippen LogP) is 2.63. The predicted molar refractivity (Wildman–Crippen MR) is 87.4 cm³/mol. The Morgan fingerprint density at radius 1 is 1.21 bits per heavy atom. The third-order valence-electron chi connectivity index (χ3n) is 5.42. The summed E-state index contributed by atoms with van der Waals surface area (Å²) in [6.45, 7) is 2.16. The second-order valence-electron chi connectivity index (χ2n) is 7.01. The van der Waals surface area contributed by atoms with Gasteiger partial charge in [-0.25, -0.2) is 9.18 Å². The minimum absolute atomic E-state index is 0.0640. The summed E-state index contributed by atoms with van der Waals surface area (Å²) in [6.07, 6.45) is 3.52. The van der Waals surface area contributed by atoms with Crippen molar-refractivity contribution in [1.29, 1.82) is 0 Å². The first-order valence-corrected chi connectivity index (χ1v) is 8.73. The van der Waals surface area contributed by atoms with E-state index in [1.807, 2.05) is 6.07 Å². The molecule has 2 aliphatic heterocycles. The topological polar surface area (TPSA) is 50.8 Å². The number of likely N-dealkylation sites (tertiary alicyclic amines) is 1. The molecule has 5 nitrogen and oxygen atoms in total. The number of ether oxygens (including phenoxy) is 2. The zero-order chi connectivity index (χ0) is 16.6. The van der Waals surface area contributed by atoms with Gasteiger partial charge in [0.25, 0.3) is 0 Å². The van der Waals surface area contributed by atoms with Crippen LogP contribution in [-0.4, -0.2) is 50.0 Å². The highest BCUT2D eigenvalue weighted by atomic mass is 19.1. The number of benzene rings is 1. The molecular weight excluding hydrogens is 311 g/mol. The third kappa shape index (κ3) is 2.78. The van der Waals surface area contributed by atoms with Gasteiger partial charge in [0.1, 0.15) is 19.4 Å². The minimum atomic E-state index is -0.867. The molecule has 0 radical (unpaired) electrons. The number of carbonyl (C=O) groups excluding carboxylic acids is 1. The Balaban J connectivity index is 1.49. The highest BCUT2D eigenvalue weighted by Gasteiger charge is 2.38. The monoisotopic (exact) mass is 334 g/mol. The van der Waals surface area contributed by atoms with Crippen molar-refractivity contribution < 1.29 is 18.7 Å². The first kappa shape index (κ1) is 15.5. The van der Waals surface area contributed by atoms with Crippen molar-refractivity contribution in [3.05, 3.63) is 23.8 Å². The standard InChI is InChI=1S/C18H23FN2O3/c19-14-10-21(11-14)17(22)20-12-18(5-1-2-6-18)13-3-4-15-16(9-13)24-8-7-23-15/h3-4,9,14H,1-2,5-8,10-12H2,(H,20,22). The lowest BCUT2D eigenvalue weighted by Crippen LogP contribution is -2.56. The van der Waals surface area contributed by atoms with Crippen LogP contribution in [0, 0.1) is 0 Å². The van der Waals surface area contributed by atoms with Gasteiger partial charge in [-0.3, -0.25) is 0 Å². The maximum absolute atomic E-state index is 12.9. The number of nitrogens with zero attached hydrogens (tertiary/aromatic N) is 1. The van der Waals surface area contributed by atoms with Gasteiger partial charge in [-0.2, -0.15) is 0 Å². The Bertz CT molecular complexity index is 625. The lowest BCUT2D eigenvalue weighted by Gasteiger charge is -2.36. The number of alkyl halides is 1. The van der Waals surface area contributed by atoms with Crippen LogP contribution < -0.4 is 14.8 Å². The molecule has 130 valence electrons. The molecule has 6 heteroatoms. The molecule has 2 heterocycles. The number of halogens is 1. The van der Waals surface area contributed by atoms with Crippen LogP contribution in [0.15, 0.2) is 18.2 Å². The number of carbonyl (C=O) groups is 1. The van der Waals surface area contributed by atoms with Gasteiger partial charge in [-0.05, 0) is 30.5 Å². The van der Waals surface area contributed by atoms with Crippen molar-refractivity contribution in [3.8, 4) is 11.5 Å². The number of hydrogen-bond acceptors (Lipinski definition) is 3. The number of rotatable bonds is 3. The van der Waals surface area contributed by atoms with Crippen LogP contribution in [0.2, 0.25) is 0 Å². The molecule has 3 aliphatic rings. The smallest absolute Gasteiger partial charge is 0.317 e. The van der Waals surface area contributed by atoms with Crippen LogP contribution in [-0.2, 0) is 5.41 Å². The Kier molecular flexibility index (Phi) is 3.98. The molecule has 1 aliphatic carbocycles. The molecule has 1 aromatic carbocycles. The average Bonchev–Trinajstić information content (AvgIpc) is 3.07. The van der Waals surface area contributed by atoms with Crippen LogP contribution in [0.1, 0.15) is 31.2 Å². The van der Waals surface area contributed by atoms with Gasteiger partial charge in [0.05, 0.1) is 13.1 Å². The molecule has 0 atom stereocenters. The molecule has 0 unspecified atom stereocenters. The van der Waals surface area contributed by atoms with Crippen molar-refractivity contribution in [3.63, 3.8) is 0 Å². The Morgan fingerprint density at radius 3 is 2.62 bits per heavy atom. The summed E-state index contributed by atoms with van der Waals surface area (Å²) in [4.78, 5) is 13.7. The van der Waals surface area contributed by atoms with E-state index in [9.17, 15) is 9.18 Å². The molecule has 2 fully saturated rings. The van der Waals surface area contributed by atoms with Gasteiger partial charge in [0.15, 0.2) is 11.5 Å². The van der Waals surface area contributed by atoms with Crippen LogP contribution >= 0.6 is 0 Å². The lowest BCUT2D eigenvalue weighted by atomic mass is 9.78. The number of urea groups is 1. The largest absolute Gasteiger partial charge is 0.486 e. The van der Waals surface area contributed by atoms with Crippen molar-refractivity contribution in [1.82, 2.24) is 10.2 Å². The molecular formula is C18H23FN2O3. The number of nitrogens with one attached hydrogen (secondary N) is 1. The second-order valence-corrected chi connectivity index (χ2v) is 7.01. The van der Waals surface area contributed by atoms with E-state index in [1.54, 1.807) is 0 Å². The fourth-order valence-corrected chi connectivity index (χ4v) is 3.94. The van der Waals surface area contributed by atoms with E-state index in [0.717, 1.165) is 37.2 Å². The zero-order valence-corrected chi connectivity index (χ0v) is 13.7. The van der Waals surface area contributed by atoms with Crippen molar-refractivity contribution in [2.75, 3.05) is 32.8 Å². The number of amides is 2. The average molecular weight is 334 g/mol. The summed E-state index contributed by atoms with van der Waals surface area (Å²) in [5.41, 5.74) is 1.13. The van der Waals surface area contributed by atoms with E-state index in [1.165, 1.54) is 10.5 Å². The van der Waals surface area contributed by atoms with E-state index >= 15 is 0 Å². The quantitative estimate of drug-likeness (QED) is 0.924. The fraction of sp³-hybridized carbons (Fsp3) is 0.611. The molecule has 0 bridgehead atoms. The van der Waals surface area contributed by atoms with Crippen molar-refractivity contribution >= 4 is 6.03 Å². The van der Waals surface area contributed by atoms with Crippen molar-refractivity contribution in [2.45, 2.75) is 37.3 Å². The van der Waals surface area contributed by atoms with E-state index in [4.69, 9.17) is 9.47 Å². The van der Waals surface area contributed by atoms with Gasteiger partial charge in [-0.15, -0.1) is 0 Å². The molecule has 1 N–H and O–H groups in total. The highest BCUT2D eigenvalue weighted by molar-refractivity contribution is 5.75. The fourth-order valence-electron chi connectivity index (χ4n) is 3.94. The normalized spacial score (nSPS) is 22.1. The molecule has 0 aromatic heterocycles. The lowest BCUT2D eigenvalue weighted by molar-refractivity contribution is 0.0888. The third-order valence-corrected chi connectivity index (χ3v) is 5.42. The molecule has 2 amide bonds. The van der Waals surface area contributed by atoms with Crippen molar-refractivity contribution in [2.24, 2.45) is 0 Å². The second kappa shape index (κ2) is 6.15. The van der Waals surface area contributed by atoms with E-state index < -0.39 is 6.17 Å². The minimum Gasteiger partial charge on any atom is -0.486 e. The Morgan fingerprint density at radius 2 is 1.92 bits per heavy atom. The van der Waals surface area contributed by atoms with Gasteiger partial charge in [0, 0.05) is 12.0 Å². The van der Waals surface area contributed by atoms with Crippen LogP contribution in [0.3, 0.4) is 0 Å². The zero-order valence-electron chi connectivity index (χ0n) is 13.7. The number of hydrogen-bond donors (Lipinski definition) is 1. The summed E-state index contributed by atoms with van der Waals surface area (Å²) >= 11 is 0. The number of fused-ring (bicyclic) bond motifs is 1. The maximum Gasteiger partial charge on any atom is 0.317 e. The summed E-state index contributed by atoms with van der Waals surface area (Å²) in [7, 11) is 0. The molecule has 0 spiro atoms. The highest BCUT2D eigenvalue weighted by Crippen LogP contribution is 2.43. The van der Waals surface area contributed by atoms with Crippen LogP contribution in [0.4, 0.5) is 9.18 Å². The SMILES string of the molecule is O=C(NCC1(c2ccc3c(c2)OCCO3)CCCC1)N1CC(F)C1. The summed E-state index contributed by atoms with van der Waals surface area (Å²) in [6, 6.07) is 5.96. The maximum atomic E-state index is 12.9. The molecule has 4 rings (SSSR count). The molecule has 1 saturated carbocycles. The summed E-state index contributed by atoms with van der Waals surface area (Å²) < 4.78 is 24.2. The van der Waals surface area contributed by atoms with E-state index in [-0.39, 0.29) is 24.5 Å². The van der Waals surface area contributed by atoms with Crippen LogP contribution in [0.5, 0.6) is 11.5 Å². The molecule has 1 saturated heterocycles. The first-order valence-electron chi connectivity index (χ1n) is 8.73. The molecule has 1 aromatic rings. The van der Waals surface area contributed by atoms with Gasteiger partial charge >= 0.3 is 6.03 Å². The molecule has 24 heavy (non-hydrogen) atoms. The van der Waals surface area contributed by atoms with Gasteiger partial charge in [-0.1, -0.05) is 18.9 Å². The first-order chi connectivity index (χ1) is 11.7. The summed E-state index contributed by atoms with van der Waals surface area (Å²) in [5.74, 6) is 1.58. The Hall–Kier alpha value is -1.98. The Labute approximate surface area is 141 Å². The van der Waals surface area contributed by atoms with Gasteiger partial charge < -0.3 is 19.7 Å². The van der Waals surface area contributed by atoms with E-state index in [0.29, 0.717) is 19.8 Å².